The number of carbonyl (C=O) groups is 2. The number of fused-ring (bicyclic) bond motifs is 5. The molecule has 0 aromatic rings. The number of rotatable bonds is 0. The molecule has 0 aliphatic heterocycles. The third kappa shape index (κ3) is 1.93. The molecule has 0 spiro atoms. The first-order valence-electron chi connectivity index (χ1n) is 9.34. The summed E-state index contributed by atoms with van der Waals surface area (Å²) in [4.78, 5) is 24.4. The van der Waals surface area contributed by atoms with Crippen LogP contribution in [0.4, 0.5) is 0 Å². The monoisotopic (exact) mass is 312 g/mol. The van der Waals surface area contributed by atoms with Gasteiger partial charge in [0.25, 0.3) is 0 Å². The van der Waals surface area contributed by atoms with E-state index in [1.165, 1.54) is 18.4 Å². The lowest BCUT2D eigenvalue weighted by atomic mass is 9.47. The summed E-state index contributed by atoms with van der Waals surface area (Å²) in [6.07, 6.45) is 11.1. The number of hydrogen-bond acceptors (Lipinski definition) is 2. The molecule has 0 amide bonds. The molecule has 23 heavy (non-hydrogen) atoms. The zero-order valence-electron chi connectivity index (χ0n) is 14.7. The van der Waals surface area contributed by atoms with Crippen LogP contribution in [-0.2, 0) is 9.59 Å². The summed E-state index contributed by atoms with van der Waals surface area (Å²) >= 11 is 0. The summed E-state index contributed by atoms with van der Waals surface area (Å²) in [5.41, 5.74) is 2.83. The molecule has 2 nitrogen and oxygen atoms in total. The molecule has 5 unspecified atom stereocenters. The van der Waals surface area contributed by atoms with Gasteiger partial charge in [-0.3, -0.25) is 9.59 Å². The highest BCUT2D eigenvalue weighted by Crippen LogP contribution is 2.65. The lowest BCUT2D eigenvalue weighted by Gasteiger charge is -2.57. The highest BCUT2D eigenvalue weighted by molar-refractivity contribution is 5.99. The largest absolute Gasteiger partial charge is 0.295 e. The summed E-state index contributed by atoms with van der Waals surface area (Å²) in [6.45, 7) is 6.77. The SMILES string of the molecule is C/C=C1\C(=O)CC2C3CCC4=CC(=O)CCC4(C)C3CCC12C. The van der Waals surface area contributed by atoms with Crippen LogP contribution >= 0.6 is 0 Å². The fraction of sp³-hybridized carbons (Fsp3) is 0.714. The second-order valence-electron chi connectivity index (χ2n) is 8.75. The van der Waals surface area contributed by atoms with Gasteiger partial charge in [-0.15, -0.1) is 0 Å². The first-order chi connectivity index (χ1) is 10.9. The van der Waals surface area contributed by atoms with Crippen molar-refractivity contribution in [3.8, 4) is 0 Å². The van der Waals surface area contributed by atoms with E-state index < -0.39 is 0 Å². The molecule has 0 N–H and O–H groups in total. The van der Waals surface area contributed by atoms with Gasteiger partial charge in [-0.25, -0.2) is 0 Å². The fourth-order valence-electron chi connectivity index (χ4n) is 6.71. The van der Waals surface area contributed by atoms with E-state index in [4.69, 9.17) is 0 Å². The van der Waals surface area contributed by atoms with Crippen LogP contribution in [0.15, 0.2) is 23.3 Å². The van der Waals surface area contributed by atoms with E-state index in [-0.39, 0.29) is 10.8 Å². The molecule has 2 heteroatoms. The van der Waals surface area contributed by atoms with Crippen molar-refractivity contribution in [2.75, 3.05) is 0 Å². The van der Waals surface area contributed by atoms with Gasteiger partial charge < -0.3 is 0 Å². The molecule has 3 saturated carbocycles. The number of carbonyl (C=O) groups excluding carboxylic acids is 2. The minimum Gasteiger partial charge on any atom is -0.295 e. The summed E-state index contributed by atoms with van der Waals surface area (Å²) < 4.78 is 0. The molecule has 0 heterocycles. The average molecular weight is 312 g/mol. The van der Waals surface area contributed by atoms with E-state index in [0.29, 0.717) is 35.7 Å². The Labute approximate surface area is 139 Å². The van der Waals surface area contributed by atoms with Gasteiger partial charge in [0.15, 0.2) is 11.6 Å². The number of allylic oxidation sites excluding steroid dienone is 3. The average Bonchev–Trinajstić information content (AvgIpc) is 2.77. The van der Waals surface area contributed by atoms with Crippen LogP contribution in [0.25, 0.3) is 0 Å². The lowest BCUT2D eigenvalue weighted by Crippen LogP contribution is -2.49. The predicted octanol–water partition coefficient (Wildman–Crippen LogP) is 4.64. The van der Waals surface area contributed by atoms with Crippen molar-refractivity contribution >= 4 is 11.6 Å². The Kier molecular flexibility index (Phi) is 3.28. The van der Waals surface area contributed by atoms with Crippen LogP contribution in [0.1, 0.15) is 65.7 Å². The molecule has 0 aromatic heterocycles. The Morgan fingerprint density at radius 1 is 1.04 bits per heavy atom. The van der Waals surface area contributed by atoms with Gasteiger partial charge in [-0.1, -0.05) is 25.5 Å². The van der Waals surface area contributed by atoms with Crippen molar-refractivity contribution in [3.05, 3.63) is 23.3 Å². The minimum atomic E-state index is 0.106. The molecule has 124 valence electrons. The Hall–Kier alpha value is -1.18. The molecular weight excluding hydrogens is 284 g/mol. The summed E-state index contributed by atoms with van der Waals surface area (Å²) in [5, 5.41) is 0. The van der Waals surface area contributed by atoms with Crippen LogP contribution in [0.2, 0.25) is 0 Å². The van der Waals surface area contributed by atoms with Gasteiger partial charge in [0.1, 0.15) is 0 Å². The van der Waals surface area contributed by atoms with E-state index in [0.717, 1.165) is 31.3 Å². The van der Waals surface area contributed by atoms with Crippen molar-refractivity contribution in [1.82, 2.24) is 0 Å². The second-order valence-corrected chi connectivity index (χ2v) is 8.75. The topological polar surface area (TPSA) is 34.1 Å². The molecule has 0 bridgehead atoms. The number of hydrogen-bond donors (Lipinski definition) is 0. The maximum absolute atomic E-state index is 12.5. The van der Waals surface area contributed by atoms with E-state index in [1.807, 2.05) is 13.0 Å². The zero-order chi connectivity index (χ0) is 16.4. The highest BCUT2D eigenvalue weighted by Gasteiger charge is 2.59. The molecule has 4 rings (SSSR count). The molecule has 0 saturated heterocycles. The summed E-state index contributed by atoms with van der Waals surface area (Å²) in [5.74, 6) is 2.56. The Balaban J connectivity index is 1.72. The van der Waals surface area contributed by atoms with Gasteiger partial charge >= 0.3 is 0 Å². The van der Waals surface area contributed by atoms with Crippen LogP contribution in [0, 0.1) is 28.6 Å². The quantitative estimate of drug-likeness (QED) is 0.610. The fourth-order valence-corrected chi connectivity index (χ4v) is 6.71. The Bertz CT molecular complexity index is 640. The number of Topliss-reactive ketones (excluding diaryl/α,β-unsaturated/α-hetero) is 1. The third-order valence-electron chi connectivity index (χ3n) is 7.96. The highest BCUT2D eigenvalue weighted by atomic mass is 16.1. The van der Waals surface area contributed by atoms with Crippen LogP contribution < -0.4 is 0 Å². The van der Waals surface area contributed by atoms with Gasteiger partial charge in [0.05, 0.1) is 0 Å². The molecule has 4 aliphatic rings. The first-order valence-corrected chi connectivity index (χ1v) is 9.34. The molecule has 5 atom stereocenters. The van der Waals surface area contributed by atoms with E-state index in [9.17, 15) is 9.59 Å². The van der Waals surface area contributed by atoms with Crippen molar-refractivity contribution in [2.24, 2.45) is 28.6 Å². The third-order valence-corrected chi connectivity index (χ3v) is 7.96. The minimum absolute atomic E-state index is 0.106. The molecule has 4 aliphatic carbocycles. The number of ketones is 2. The normalized spacial score (nSPS) is 47.9. The van der Waals surface area contributed by atoms with Crippen LogP contribution in [0.5, 0.6) is 0 Å². The van der Waals surface area contributed by atoms with E-state index in [1.54, 1.807) is 0 Å². The predicted molar refractivity (Wildman–Crippen MR) is 90.9 cm³/mol. The Morgan fingerprint density at radius 2 is 1.83 bits per heavy atom. The van der Waals surface area contributed by atoms with Gasteiger partial charge in [0.2, 0.25) is 0 Å². The molecular formula is C21H28O2. The molecule has 0 aromatic carbocycles. The van der Waals surface area contributed by atoms with Crippen molar-refractivity contribution in [3.63, 3.8) is 0 Å². The van der Waals surface area contributed by atoms with Gasteiger partial charge in [-0.2, -0.15) is 0 Å². The van der Waals surface area contributed by atoms with E-state index >= 15 is 0 Å². The van der Waals surface area contributed by atoms with Gasteiger partial charge in [-0.05, 0) is 79.3 Å². The van der Waals surface area contributed by atoms with Crippen molar-refractivity contribution in [2.45, 2.75) is 65.7 Å². The zero-order valence-corrected chi connectivity index (χ0v) is 14.7. The second kappa shape index (κ2) is 4.91. The van der Waals surface area contributed by atoms with Crippen LogP contribution in [0.3, 0.4) is 0 Å². The lowest BCUT2D eigenvalue weighted by molar-refractivity contribution is -0.117. The first kappa shape index (κ1) is 15.4. The smallest absolute Gasteiger partial charge is 0.159 e. The maximum atomic E-state index is 12.5. The standard InChI is InChI=1S/C21H28O2/c1-4-16-19(23)12-18-15-6-5-13-11-14(22)7-9-20(13,2)17(15)8-10-21(16,18)3/h4,11,15,17-18H,5-10,12H2,1-3H3/b16-4+. The van der Waals surface area contributed by atoms with Crippen LogP contribution in [-0.4, -0.2) is 11.6 Å². The maximum Gasteiger partial charge on any atom is 0.159 e. The van der Waals surface area contributed by atoms with Crippen molar-refractivity contribution in [1.29, 1.82) is 0 Å². The van der Waals surface area contributed by atoms with E-state index in [2.05, 4.69) is 19.9 Å². The summed E-state index contributed by atoms with van der Waals surface area (Å²) in [7, 11) is 0. The Morgan fingerprint density at radius 3 is 2.57 bits per heavy atom. The summed E-state index contributed by atoms with van der Waals surface area (Å²) in [6, 6.07) is 0. The molecule has 3 fully saturated rings. The van der Waals surface area contributed by atoms with Gasteiger partial charge in [0, 0.05) is 12.8 Å². The van der Waals surface area contributed by atoms with Crippen molar-refractivity contribution < 1.29 is 9.59 Å². The molecule has 0 radical (unpaired) electrons.